The van der Waals surface area contributed by atoms with E-state index < -0.39 is 11.8 Å². The number of nitrogens with zero attached hydrogens (tertiary/aromatic N) is 1. The highest BCUT2D eigenvalue weighted by Crippen LogP contribution is 2.26. The number of aryl methyl sites for hydroxylation is 2. The van der Waals surface area contributed by atoms with Crippen LogP contribution in [0.2, 0.25) is 0 Å². The fourth-order valence-electron chi connectivity index (χ4n) is 2.91. The molecule has 1 N–H and O–H groups in total. The molecule has 2 aromatic rings. The molecule has 138 valence electrons. The Labute approximate surface area is 176 Å². The molecule has 7 heteroatoms. The van der Waals surface area contributed by atoms with Crippen molar-refractivity contribution in [3.05, 3.63) is 62.2 Å². The molecule has 27 heavy (non-hydrogen) atoms. The smallest absolute Gasteiger partial charge is 0.270 e. The summed E-state index contributed by atoms with van der Waals surface area (Å²) in [4.78, 5) is 26.8. The number of carbonyl (C=O) groups is 2. The summed E-state index contributed by atoms with van der Waals surface area (Å²) in [5.74, 6) is -0.216. The Morgan fingerprint density at radius 1 is 1.11 bits per heavy atom. The molecule has 3 rings (SSSR count). The maximum atomic E-state index is 13.1. The maximum Gasteiger partial charge on any atom is 0.270 e. The maximum absolute atomic E-state index is 13.1. The fourth-order valence-corrected chi connectivity index (χ4v) is 3.95. The first kappa shape index (κ1) is 19.5. The lowest BCUT2D eigenvalue weighted by atomic mass is 10.1. The fraction of sp³-hybridized carbons (Fsp3) is 0.150. The minimum atomic E-state index is -0.503. The zero-order valence-electron chi connectivity index (χ0n) is 15.0. The minimum Gasteiger partial charge on any atom is -0.496 e. The van der Waals surface area contributed by atoms with Crippen molar-refractivity contribution in [2.75, 3.05) is 12.0 Å². The molecule has 1 aliphatic heterocycles. The number of nitrogens with one attached hydrogen (secondary N) is 1. The Bertz CT molecular complexity index is 980. The van der Waals surface area contributed by atoms with E-state index in [1.54, 1.807) is 25.3 Å². The van der Waals surface area contributed by atoms with Gasteiger partial charge in [-0.15, -0.1) is 0 Å². The molecular formula is C20H17IN2O3S. The zero-order chi connectivity index (χ0) is 19.7. The highest BCUT2D eigenvalue weighted by molar-refractivity contribution is 14.1. The lowest BCUT2D eigenvalue weighted by Crippen LogP contribution is -2.54. The van der Waals surface area contributed by atoms with Crippen molar-refractivity contribution in [3.63, 3.8) is 0 Å². The predicted octanol–water partition coefficient (Wildman–Crippen LogP) is 3.75. The van der Waals surface area contributed by atoms with Crippen LogP contribution in [-0.4, -0.2) is 24.0 Å². The molecule has 1 aliphatic rings. The van der Waals surface area contributed by atoms with Crippen molar-refractivity contribution in [2.24, 2.45) is 0 Å². The first-order chi connectivity index (χ1) is 12.8. The van der Waals surface area contributed by atoms with Crippen LogP contribution in [0.25, 0.3) is 6.08 Å². The minimum absolute atomic E-state index is 0.0312. The molecule has 0 aromatic heterocycles. The molecule has 0 saturated carbocycles. The van der Waals surface area contributed by atoms with Gasteiger partial charge in [0.05, 0.1) is 16.4 Å². The molecule has 0 unspecified atom stereocenters. The summed E-state index contributed by atoms with van der Waals surface area (Å²) in [6.07, 6.45) is 1.57. The molecule has 0 spiro atoms. The van der Waals surface area contributed by atoms with E-state index in [1.165, 1.54) is 4.90 Å². The largest absolute Gasteiger partial charge is 0.496 e. The van der Waals surface area contributed by atoms with Gasteiger partial charge >= 0.3 is 0 Å². The number of carbonyl (C=O) groups excluding carboxylic acids is 2. The Hall–Kier alpha value is -2.26. The normalized spacial score (nSPS) is 15.9. The van der Waals surface area contributed by atoms with Crippen LogP contribution in [0.5, 0.6) is 5.75 Å². The van der Waals surface area contributed by atoms with Gasteiger partial charge in [0.15, 0.2) is 5.11 Å². The van der Waals surface area contributed by atoms with Crippen LogP contribution in [0, 0.1) is 17.4 Å². The van der Waals surface area contributed by atoms with Gasteiger partial charge in [-0.1, -0.05) is 12.1 Å². The van der Waals surface area contributed by atoms with Crippen molar-refractivity contribution in [1.82, 2.24) is 5.32 Å². The lowest BCUT2D eigenvalue weighted by Gasteiger charge is -2.29. The summed E-state index contributed by atoms with van der Waals surface area (Å²) < 4.78 is 6.13. The van der Waals surface area contributed by atoms with Gasteiger partial charge in [-0.3, -0.25) is 19.8 Å². The Morgan fingerprint density at radius 2 is 1.78 bits per heavy atom. The number of methoxy groups -OCH3 is 1. The number of hydrogen-bond acceptors (Lipinski definition) is 4. The molecule has 1 fully saturated rings. The average Bonchev–Trinajstić information content (AvgIpc) is 2.57. The van der Waals surface area contributed by atoms with Crippen molar-refractivity contribution >= 4 is 63.5 Å². The van der Waals surface area contributed by atoms with Crippen LogP contribution in [0.3, 0.4) is 0 Å². The zero-order valence-corrected chi connectivity index (χ0v) is 18.0. The van der Waals surface area contributed by atoms with Crippen molar-refractivity contribution in [3.8, 4) is 5.75 Å². The second kappa shape index (κ2) is 7.77. The summed E-state index contributed by atoms with van der Waals surface area (Å²) in [5, 5.41) is 2.69. The van der Waals surface area contributed by atoms with E-state index >= 15 is 0 Å². The number of hydrogen-bond donors (Lipinski definition) is 1. The van der Waals surface area contributed by atoms with E-state index in [2.05, 4.69) is 27.9 Å². The van der Waals surface area contributed by atoms with Crippen molar-refractivity contribution in [2.45, 2.75) is 13.8 Å². The Balaban J connectivity index is 2.03. The molecule has 2 aromatic carbocycles. The quantitative estimate of drug-likeness (QED) is 0.307. The predicted molar refractivity (Wildman–Crippen MR) is 118 cm³/mol. The molecule has 0 bridgehead atoms. The third-order valence-corrected chi connectivity index (χ3v) is 5.18. The van der Waals surface area contributed by atoms with Gasteiger partial charge in [-0.25, -0.2) is 0 Å². The molecular weight excluding hydrogens is 475 g/mol. The summed E-state index contributed by atoms with van der Waals surface area (Å²) >= 11 is 7.39. The first-order valence-electron chi connectivity index (χ1n) is 8.13. The monoisotopic (exact) mass is 492 g/mol. The molecule has 2 amide bonds. The van der Waals surface area contributed by atoms with Gasteiger partial charge in [0.25, 0.3) is 11.8 Å². The Kier molecular flexibility index (Phi) is 5.61. The van der Waals surface area contributed by atoms with Gasteiger partial charge in [0.2, 0.25) is 0 Å². The standard InChI is InChI=1S/C20H17IN2O3S/c1-11-6-12(2)8-14(7-11)23-19(25)15(18(24)22-20(23)27)9-13-4-5-17(26-3)16(21)10-13/h4-10H,1-3H3,(H,22,24,27)/b15-9+. The van der Waals surface area contributed by atoms with Gasteiger partial charge in [0, 0.05) is 0 Å². The number of halogens is 1. The molecule has 1 heterocycles. The summed E-state index contributed by atoms with van der Waals surface area (Å²) in [5.41, 5.74) is 3.41. The van der Waals surface area contributed by atoms with E-state index in [-0.39, 0.29) is 10.7 Å². The van der Waals surface area contributed by atoms with Crippen LogP contribution in [0.4, 0.5) is 5.69 Å². The lowest BCUT2D eigenvalue weighted by molar-refractivity contribution is -0.122. The Morgan fingerprint density at radius 3 is 2.37 bits per heavy atom. The third-order valence-electron chi connectivity index (χ3n) is 4.05. The van der Waals surface area contributed by atoms with Gasteiger partial charge in [-0.2, -0.15) is 0 Å². The second-order valence-corrected chi connectivity index (χ2v) is 7.75. The highest BCUT2D eigenvalue weighted by atomic mass is 127. The SMILES string of the molecule is COc1ccc(/C=C2\C(=O)NC(=S)N(c3cc(C)cc(C)c3)C2=O)cc1I. The van der Waals surface area contributed by atoms with E-state index in [1.807, 2.05) is 38.1 Å². The van der Waals surface area contributed by atoms with Crippen LogP contribution in [0.15, 0.2) is 42.0 Å². The summed E-state index contributed by atoms with van der Waals surface area (Å²) in [6, 6.07) is 11.2. The van der Waals surface area contributed by atoms with Crippen LogP contribution < -0.4 is 15.0 Å². The molecule has 0 radical (unpaired) electrons. The average molecular weight is 492 g/mol. The highest BCUT2D eigenvalue weighted by Gasteiger charge is 2.34. The van der Waals surface area contributed by atoms with Crippen LogP contribution in [0.1, 0.15) is 16.7 Å². The van der Waals surface area contributed by atoms with Crippen molar-refractivity contribution in [1.29, 1.82) is 0 Å². The summed E-state index contributed by atoms with van der Waals surface area (Å²) in [7, 11) is 1.59. The molecule has 0 atom stereocenters. The van der Waals surface area contributed by atoms with E-state index in [9.17, 15) is 9.59 Å². The number of benzene rings is 2. The van der Waals surface area contributed by atoms with Crippen LogP contribution in [-0.2, 0) is 9.59 Å². The van der Waals surface area contributed by atoms with E-state index in [0.717, 1.165) is 26.0 Å². The molecule has 0 aliphatic carbocycles. The molecule has 1 saturated heterocycles. The second-order valence-electron chi connectivity index (χ2n) is 6.20. The van der Waals surface area contributed by atoms with Gasteiger partial charge < -0.3 is 4.74 Å². The van der Waals surface area contributed by atoms with E-state index in [4.69, 9.17) is 17.0 Å². The van der Waals surface area contributed by atoms with E-state index in [0.29, 0.717) is 5.69 Å². The topological polar surface area (TPSA) is 58.6 Å². The number of rotatable bonds is 3. The number of anilines is 1. The van der Waals surface area contributed by atoms with Crippen LogP contribution >= 0.6 is 34.8 Å². The number of thiocarbonyl (C=S) groups is 1. The first-order valence-corrected chi connectivity index (χ1v) is 9.62. The van der Waals surface area contributed by atoms with Gasteiger partial charge in [0.1, 0.15) is 11.3 Å². The summed E-state index contributed by atoms with van der Waals surface area (Å²) in [6.45, 7) is 3.89. The number of ether oxygens (including phenoxy) is 1. The number of amides is 2. The molecule has 5 nitrogen and oxygen atoms in total. The van der Waals surface area contributed by atoms with Gasteiger partial charge in [-0.05, 0) is 95.7 Å². The third kappa shape index (κ3) is 4.03. The van der Waals surface area contributed by atoms with Crippen molar-refractivity contribution < 1.29 is 14.3 Å².